The number of ether oxygens (including phenoxy) is 2. The second-order valence-electron chi connectivity index (χ2n) is 9.43. The van der Waals surface area contributed by atoms with Crippen molar-refractivity contribution in [2.75, 3.05) is 0 Å². The SMILES string of the molecule is C=CC(=O)OC1C2(O)CC3CC(C)(C2)CC1(C(=O)OC(C)(C)C)C3. The van der Waals surface area contributed by atoms with Gasteiger partial charge >= 0.3 is 11.9 Å². The van der Waals surface area contributed by atoms with Crippen molar-refractivity contribution in [2.45, 2.75) is 77.1 Å². The molecule has 5 atom stereocenters. The van der Waals surface area contributed by atoms with Crippen LogP contribution in [0.5, 0.6) is 0 Å². The molecular weight excluding hydrogens is 308 g/mol. The Morgan fingerprint density at radius 1 is 1.21 bits per heavy atom. The summed E-state index contributed by atoms with van der Waals surface area (Å²) in [6.07, 6.45) is 3.53. The lowest BCUT2D eigenvalue weighted by molar-refractivity contribution is -0.274. The summed E-state index contributed by atoms with van der Waals surface area (Å²) >= 11 is 0. The third-order valence-electron chi connectivity index (χ3n) is 5.75. The van der Waals surface area contributed by atoms with Gasteiger partial charge in [0.1, 0.15) is 22.7 Å². The van der Waals surface area contributed by atoms with Crippen LogP contribution in [0.2, 0.25) is 0 Å². The topological polar surface area (TPSA) is 72.8 Å². The zero-order valence-corrected chi connectivity index (χ0v) is 15.1. The van der Waals surface area contributed by atoms with Crippen LogP contribution < -0.4 is 0 Å². The van der Waals surface area contributed by atoms with Crippen LogP contribution in [0.1, 0.15) is 59.8 Å². The van der Waals surface area contributed by atoms with Gasteiger partial charge in [0, 0.05) is 6.08 Å². The van der Waals surface area contributed by atoms with Crippen LogP contribution in [0.4, 0.5) is 0 Å². The summed E-state index contributed by atoms with van der Waals surface area (Å²) in [6.45, 7) is 11.0. The first-order chi connectivity index (χ1) is 10.9. The highest BCUT2D eigenvalue weighted by Gasteiger charge is 2.72. The lowest BCUT2D eigenvalue weighted by atomic mass is 9.42. The van der Waals surface area contributed by atoms with Gasteiger partial charge in [-0.2, -0.15) is 0 Å². The number of aliphatic hydroxyl groups is 1. The minimum atomic E-state index is -1.16. The maximum atomic E-state index is 13.1. The Hall–Kier alpha value is -1.36. The molecule has 0 saturated heterocycles. The second kappa shape index (κ2) is 5.07. The second-order valence-corrected chi connectivity index (χ2v) is 9.43. The van der Waals surface area contributed by atoms with Crippen molar-refractivity contribution in [3.63, 3.8) is 0 Å². The summed E-state index contributed by atoms with van der Waals surface area (Å²) in [5.74, 6) is -0.701. The van der Waals surface area contributed by atoms with Gasteiger partial charge < -0.3 is 14.6 Å². The van der Waals surface area contributed by atoms with Gasteiger partial charge in [-0.25, -0.2) is 4.79 Å². The molecule has 1 N–H and O–H groups in total. The van der Waals surface area contributed by atoms with Crippen LogP contribution in [-0.4, -0.2) is 34.4 Å². The lowest BCUT2D eigenvalue weighted by Crippen LogP contribution is -2.71. The summed E-state index contributed by atoms with van der Waals surface area (Å²) in [5, 5.41) is 11.3. The molecule has 24 heavy (non-hydrogen) atoms. The van der Waals surface area contributed by atoms with E-state index in [-0.39, 0.29) is 17.3 Å². The molecule has 4 rings (SSSR count). The standard InChI is InChI=1S/C19H28O5/c1-6-13(20)23-14-18(15(21)24-16(2,3)4)8-12-7-17(5,10-18)11-19(14,22)9-12/h6,12,14,22H,1,7-11H2,2-5H3. The number of carbonyl (C=O) groups is 2. The van der Waals surface area contributed by atoms with Gasteiger partial charge in [-0.3, -0.25) is 4.79 Å². The van der Waals surface area contributed by atoms with Crippen LogP contribution in [0.25, 0.3) is 0 Å². The van der Waals surface area contributed by atoms with E-state index in [9.17, 15) is 14.7 Å². The van der Waals surface area contributed by atoms with E-state index < -0.39 is 28.7 Å². The molecule has 0 aliphatic heterocycles. The van der Waals surface area contributed by atoms with Crippen molar-refractivity contribution in [1.82, 2.24) is 0 Å². The monoisotopic (exact) mass is 336 g/mol. The fourth-order valence-corrected chi connectivity index (χ4v) is 5.72. The predicted molar refractivity (Wildman–Crippen MR) is 88.0 cm³/mol. The van der Waals surface area contributed by atoms with E-state index in [1.54, 1.807) is 0 Å². The van der Waals surface area contributed by atoms with Crippen LogP contribution >= 0.6 is 0 Å². The summed E-state index contributed by atoms with van der Waals surface area (Å²) in [7, 11) is 0. The molecule has 134 valence electrons. The summed E-state index contributed by atoms with van der Waals surface area (Å²) in [5.41, 5.74) is -2.88. The fourth-order valence-electron chi connectivity index (χ4n) is 5.72. The van der Waals surface area contributed by atoms with E-state index >= 15 is 0 Å². The van der Waals surface area contributed by atoms with Crippen molar-refractivity contribution in [3.8, 4) is 0 Å². The smallest absolute Gasteiger partial charge is 0.330 e. The largest absolute Gasteiger partial charge is 0.459 e. The van der Waals surface area contributed by atoms with E-state index in [4.69, 9.17) is 9.47 Å². The molecule has 0 heterocycles. The normalized spacial score (nSPS) is 43.4. The average molecular weight is 336 g/mol. The molecule has 4 saturated carbocycles. The zero-order valence-electron chi connectivity index (χ0n) is 15.1. The Kier molecular flexibility index (Phi) is 3.69. The Labute approximate surface area is 143 Å². The van der Waals surface area contributed by atoms with Gasteiger partial charge in [-0.15, -0.1) is 0 Å². The van der Waals surface area contributed by atoms with Gasteiger partial charge in [0.2, 0.25) is 0 Å². The van der Waals surface area contributed by atoms with E-state index in [1.165, 1.54) is 0 Å². The molecule has 0 aromatic carbocycles. The quantitative estimate of drug-likeness (QED) is 0.634. The maximum Gasteiger partial charge on any atom is 0.330 e. The van der Waals surface area contributed by atoms with Crippen molar-refractivity contribution in [1.29, 1.82) is 0 Å². The highest BCUT2D eigenvalue weighted by Crippen LogP contribution is 2.67. The van der Waals surface area contributed by atoms with Crippen molar-refractivity contribution < 1.29 is 24.2 Å². The van der Waals surface area contributed by atoms with Crippen LogP contribution in [0.15, 0.2) is 12.7 Å². The van der Waals surface area contributed by atoms with E-state index in [0.717, 1.165) is 12.5 Å². The maximum absolute atomic E-state index is 13.1. The van der Waals surface area contributed by atoms with Crippen LogP contribution in [0.3, 0.4) is 0 Å². The molecule has 5 unspecified atom stereocenters. The zero-order chi connectivity index (χ0) is 18.0. The van der Waals surface area contributed by atoms with E-state index in [1.807, 2.05) is 20.8 Å². The molecule has 0 amide bonds. The van der Waals surface area contributed by atoms with Crippen molar-refractivity contribution in [3.05, 3.63) is 12.7 Å². The first kappa shape index (κ1) is 17.5. The highest BCUT2D eigenvalue weighted by molar-refractivity contribution is 5.84. The van der Waals surface area contributed by atoms with Gasteiger partial charge in [-0.05, 0) is 64.2 Å². The molecule has 5 heteroatoms. The lowest BCUT2D eigenvalue weighted by Gasteiger charge is -2.65. The van der Waals surface area contributed by atoms with Crippen molar-refractivity contribution >= 4 is 11.9 Å². The Morgan fingerprint density at radius 3 is 2.42 bits per heavy atom. The van der Waals surface area contributed by atoms with Crippen molar-refractivity contribution in [2.24, 2.45) is 16.7 Å². The number of hydrogen-bond acceptors (Lipinski definition) is 5. The molecule has 5 nitrogen and oxygen atoms in total. The molecule has 4 aliphatic rings. The van der Waals surface area contributed by atoms with Gasteiger partial charge in [0.05, 0.1) is 0 Å². The fraction of sp³-hybridized carbons (Fsp3) is 0.789. The summed E-state index contributed by atoms with van der Waals surface area (Å²) in [6, 6.07) is 0. The van der Waals surface area contributed by atoms with Gasteiger partial charge in [0.25, 0.3) is 0 Å². The molecule has 0 radical (unpaired) electrons. The molecule has 4 bridgehead atoms. The van der Waals surface area contributed by atoms with E-state index in [2.05, 4.69) is 13.5 Å². The molecule has 0 aromatic heterocycles. The molecule has 4 fully saturated rings. The third kappa shape index (κ3) is 2.67. The summed E-state index contributed by atoms with van der Waals surface area (Å²) < 4.78 is 11.2. The number of hydrogen-bond donors (Lipinski definition) is 1. The predicted octanol–water partition coefficient (Wildman–Crippen LogP) is 2.76. The Balaban J connectivity index is 2.03. The van der Waals surface area contributed by atoms with E-state index in [0.29, 0.717) is 25.7 Å². The Morgan fingerprint density at radius 2 is 1.88 bits per heavy atom. The third-order valence-corrected chi connectivity index (χ3v) is 5.75. The van der Waals surface area contributed by atoms with Gasteiger partial charge in [0.15, 0.2) is 0 Å². The number of carbonyl (C=O) groups excluding carboxylic acids is 2. The number of esters is 2. The first-order valence-corrected chi connectivity index (χ1v) is 8.70. The minimum absolute atomic E-state index is 0.121. The molecule has 0 spiro atoms. The first-order valence-electron chi connectivity index (χ1n) is 8.70. The highest BCUT2D eigenvalue weighted by atomic mass is 16.6. The van der Waals surface area contributed by atoms with Gasteiger partial charge in [-0.1, -0.05) is 13.5 Å². The number of rotatable bonds is 3. The minimum Gasteiger partial charge on any atom is -0.459 e. The van der Waals surface area contributed by atoms with Crippen LogP contribution in [-0.2, 0) is 19.1 Å². The molecule has 4 aliphatic carbocycles. The summed E-state index contributed by atoms with van der Waals surface area (Å²) in [4.78, 5) is 25.0. The molecule has 0 aromatic rings. The molecular formula is C19H28O5. The Bertz CT molecular complexity index is 591. The van der Waals surface area contributed by atoms with Crippen LogP contribution in [0, 0.1) is 16.7 Å². The average Bonchev–Trinajstić information content (AvgIpc) is 2.38.